The summed E-state index contributed by atoms with van der Waals surface area (Å²) in [6, 6.07) is 4.03. The molecule has 13 heavy (non-hydrogen) atoms. The Labute approximate surface area is 93.3 Å². The molecule has 0 atom stereocenters. The minimum absolute atomic E-state index is 0.696. The molecule has 0 bridgehead atoms. The van der Waals surface area contributed by atoms with Gasteiger partial charge in [0.1, 0.15) is 0 Å². The lowest BCUT2D eigenvalue weighted by Crippen LogP contribution is -2.22. The van der Waals surface area contributed by atoms with Gasteiger partial charge in [-0.05, 0) is 25.6 Å². The van der Waals surface area contributed by atoms with Gasteiger partial charge in [0.25, 0.3) is 0 Å². The van der Waals surface area contributed by atoms with Crippen LogP contribution in [0.2, 0.25) is 4.34 Å². The first-order chi connectivity index (χ1) is 6.22. The Bertz CT molecular complexity index is 250. The zero-order valence-corrected chi connectivity index (χ0v) is 9.92. The summed E-state index contributed by atoms with van der Waals surface area (Å²) < 4.78 is 0.870. The highest BCUT2D eigenvalue weighted by atomic mass is 35.5. The van der Waals surface area contributed by atoms with Crippen LogP contribution in [0.3, 0.4) is 0 Å². The van der Waals surface area contributed by atoms with E-state index in [4.69, 9.17) is 23.2 Å². The maximum atomic E-state index is 5.82. The number of nitrogens with zero attached hydrogens (tertiary/aromatic N) is 1. The van der Waals surface area contributed by atoms with Crippen LogP contribution in [0.25, 0.3) is 0 Å². The average molecular weight is 238 g/mol. The molecule has 0 aliphatic carbocycles. The summed E-state index contributed by atoms with van der Waals surface area (Å²) in [5.74, 6) is 0.696. The maximum Gasteiger partial charge on any atom is 0.0931 e. The van der Waals surface area contributed by atoms with Crippen molar-refractivity contribution in [1.29, 1.82) is 0 Å². The summed E-state index contributed by atoms with van der Waals surface area (Å²) >= 11 is 13.1. The van der Waals surface area contributed by atoms with Crippen LogP contribution in [-0.2, 0) is 6.42 Å². The zero-order valence-electron chi connectivity index (χ0n) is 7.59. The molecule has 4 heteroatoms. The third kappa shape index (κ3) is 4.32. The largest absolute Gasteiger partial charge is 0.305 e. The fraction of sp³-hybridized carbons (Fsp3) is 0.556. The molecule has 0 aromatic carbocycles. The number of thiophene rings is 1. The molecule has 1 nitrogen and oxygen atoms in total. The molecule has 1 aromatic rings. The number of hydrogen-bond donors (Lipinski definition) is 0. The van der Waals surface area contributed by atoms with E-state index in [1.807, 2.05) is 6.07 Å². The Kier molecular flexibility index (Phi) is 5.10. The molecule has 0 unspecified atom stereocenters. The Balaban J connectivity index is 2.26. The molecule has 0 aliphatic rings. The van der Waals surface area contributed by atoms with Gasteiger partial charge in [0.05, 0.1) is 4.34 Å². The second-order valence-corrected chi connectivity index (χ2v) is 5.13. The number of hydrogen-bond acceptors (Lipinski definition) is 2. The number of likely N-dealkylation sites (N-methyl/N-ethyl adjacent to an activating group) is 1. The summed E-state index contributed by atoms with van der Waals surface area (Å²) in [7, 11) is 2.08. The van der Waals surface area contributed by atoms with Crippen LogP contribution in [0.1, 0.15) is 4.88 Å². The van der Waals surface area contributed by atoms with Crippen LogP contribution in [0.4, 0.5) is 0 Å². The molecule has 1 rings (SSSR count). The van der Waals surface area contributed by atoms with Gasteiger partial charge in [0.2, 0.25) is 0 Å². The van der Waals surface area contributed by atoms with Gasteiger partial charge in [-0.2, -0.15) is 0 Å². The molecular formula is C9H13Cl2NS. The molecule has 1 heterocycles. The molecule has 0 saturated carbocycles. The highest BCUT2D eigenvalue weighted by Crippen LogP contribution is 2.21. The van der Waals surface area contributed by atoms with Crippen molar-refractivity contribution in [3.05, 3.63) is 21.3 Å². The van der Waals surface area contributed by atoms with E-state index < -0.39 is 0 Å². The van der Waals surface area contributed by atoms with Gasteiger partial charge >= 0.3 is 0 Å². The zero-order chi connectivity index (χ0) is 9.68. The van der Waals surface area contributed by atoms with Crippen molar-refractivity contribution < 1.29 is 0 Å². The van der Waals surface area contributed by atoms with E-state index in [9.17, 15) is 0 Å². The van der Waals surface area contributed by atoms with Crippen molar-refractivity contribution in [2.45, 2.75) is 6.42 Å². The lowest BCUT2D eigenvalue weighted by atomic mass is 10.3. The van der Waals surface area contributed by atoms with Gasteiger partial charge in [-0.15, -0.1) is 22.9 Å². The van der Waals surface area contributed by atoms with Gasteiger partial charge in [0, 0.05) is 23.8 Å². The molecule has 74 valence electrons. The van der Waals surface area contributed by atoms with Crippen LogP contribution in [0.15, 0.2) is 12.1 Å². The highest BCUT2D eigenvalue weighted by molar-refractivity contribution is 7.16. The van der Waals surface area contributed by atoms with E-state index in [2.05, 4.69) is 18.0 Å². The smallest absolute Gasteiger partial charge is 0.0931 e. The molecular weight excluding hydrogens is 225 g/mol. The van der Waals surface area contributed by atoms with E-state index in [1.165, 1.54) is 4.88 Å². The van der Waals surface area contributed by atoms with Crippen LogP contribution < -0.4 is 0 Å². The summed E-state index contributed by atoms with van der Waals surface area (Å²) in [5, 5.41) is 0. The Morgan fingerprint density at radius 3 is 2.69 bits per heavy atom. The summed E-state index contributed by atoms with van der Waals surface area (Å²) in [4.78, 5) is 3.56. The standard InChI is InChI=1S/C9H13Cl2NS/c1-12(7-5-10)6-4-8-2-3-9(11)13-8/h2-3H,4-7H2,1H3. The first kappa shape index (κ1) is 11.3. The van der Waals surface area contributed by atoms with Gasteiger partial charge in [-0.1, -0.05) is 11.6 Å². The fourth-order valence-corrected chi connectivity index (χ4v) is 2.41. The van der Waals surface area contributed by atoms with Crippen molar-refractivity contribution >= 4 is 34.5 Å². The van der Waals surface area contributed by atoms with Gasteiger partial charge in [-0.3, -0.25) is 0 Å². The van der Waals surface area contributed by atoms with Crippen molar-refractivity contribution in [1.82, 2.24) is 4.90 Å². The van der Waals surface area contributed by atoms with Gasteiger partial charge in [0.15, 0.2) is 0 Å². The predicted molar refractivity (Wildman–Crippen MR) is 61.3 cm³/mol. The third-order valence-corrected chi connectivity index (χ3v) is 3.29. The highest BCUT2D eigenvalue weighted by Gasteiger charge is 2.00. The summed E-state index contributed by atoms with van der Waals surface area (Å²) in [5.41, 5.74) is 0. The maximum absolute atomic E-state index is 5.82. The lowest BCUT2D eigenvalue weighted by Gasteiger charge is -2.13. The molecule has 0 fully saturated rings. The SMILES string of the molecule is CN(CCCl)CCc1ccc(Cl)s1. The molecule has 0 N–H and O–H groups in total. The second-order valence-electron chi connectivity index (χ2n) is 2.95. The number of alkyl halides is 1. The quantitative estimate of drug-likeness (QED) is 0.712. The van der Waals surface area contributed by atoms with Crippen molar-refractivity contribution in [3.63, 3.8) is 0 Å². The number of rotatable bonds is 5. The first-order valence-electron chi connectivity index (χ1n) is 4.21. The summed E-state index contributed by atoms with van der Waals surface area (Å²) in [6.07, 6.45) is 1.06. The molecule has 0 aliphatic heterocycles. The van der Waals surface area contributed by atoms with E-state index in [1.54, 1.807) is 11.3 Å². The topological polar surface area (TPSA) is 3.24 Å². The summed E-state index contributed by atoms with van der Waals surface area (Å²) in [6.45, 7) is 1.99. The van der Waals surface area contributed by atoms with Crippen molar-refractivity contribution in [3.8, 4) is 0 Å². The Hall–Kier alpha value is 0.240. The van der Waals surface area contributed by atoms with E-state index in [0.29, 0.717) is 5.88 Å². The predicted octanol–water partition coefficient (Wildman–Crippen LogP) is 3.11. The van der Waals surface area contributed by atoms with Crippen LogP contribution in [-0.4, -0.2) is 30.9 Å². The molecule has 0 radical (unpaired) electrons. The Morgan fingerprint density at radius 2 is 2.15 bits per heavy atom. The van der Waals surface area contributed by atoms with Gasteiger partial charge < -0.3 is 4.90 Å². The van der Waals surface area contributed by atoms with Crippen molar-refractivity contribution in [2.75, 3.05) is 26.0 Å². The fourth-order valence-electron chi connectivity index (χ4n) is 1.04. The van der Waals surface area contributed by atoms with Crippen molar-refractivity contribution in [2.24, 2.45) is 0 Å². The van der Waals surface area contributed by atoms with Gasteiger partial charge in [-0.25, -0.2) is 0 Å². The molecule has 0 amide bonds. The normalized spacial score (nSPS) is 11.1. The van der Waals surface area contributed by atoms with Crippen LogP contribution in [0.5, 0.6) is 0 Å². The minimum atomic E-state index is 0.696. The van der Waals surface area contributed by atoms with Crippen LogP contribution in [0, 0.1) is 0 Å². The Morgan fingerprint density at radius 1 is 1.38 bits per heavy atom. The van der Waals surface area contributed by atoms with Crippen LogP contribution >= 0.6 is 34.5 Å². The van der Waals surface area contributed by atoms with E-state index in [0.717, 1.165) is 23.8 Å². The minimum Gasteiger partial charge on any atom is -0.305 e. The average Bonchev–Trinajstić information content (AvgIpc) is 2.49. The molecule has 0 spiro atoms. The monoisotopic (exact) mass is 237 g/mol. The second kappa shape index (κ2) is 5.86. The number of halogens is 2. The lowest BCUT2D eigenvalue weighted by molar-refractivity contribution is 0.360. The first-order valence-corrected chi connectivity index (χ1v) is 5.94. The molecule has 1 aromatic heterocycles. The third-order valence-electron chi connectivity index (χ3n) is 1.84. The van der Waals surface area contributed by atoms with E-state index in [-0.39, 0.29) is 0 Å². The van der Waals surface area contributed by atoms with E-state index >= 15 is 0 Å². The molecule has 0 saturated heterocycles.